The first-order chi connectivity index (χ1) is 6.06. The Morgan fingerprint density at radius 1 is 1.62 bits per heavy atom. The van der Waals surface area contributed by atoms with Crippen molar-refractivity contribution >= 4 is 17.5 Å². The number of carbonyl (C=O) groups is 1. The Labute approximate surface area is 84.3 Å². The van der Waals surface area contributed by atoms with Gasteiger partial charge in [0.25, 0.3) is 0 Å². The Bertz CT molecular complexity index is 229. The normalized spacial score (nSPS) is 33.8. The summed E-state index contributed by atoms with van der Waals surface area (Å²) in [7, 11) is 0. The zero-order valence-corrected chi connectivity index (χ0v) is 9.06. The van der Waals surface area contributed by atoms with Gasteiger partial charge in [-0.3, -0.25) is 4.79 Å². The van der Waals surface area contributed by atoms with Gasteiger partial charge in [-0.2, -0.15) is 0 Å². The molecule has 0 aromatic carbocycles. The Hall–Kier alpha value is -0.500. The van der Waals surface area contributed by atoms with Gasteiger partial charge < -0.3 is 5.32 Å². The maximum absolute atomic E-state index is 11.4. The molecule has 3 heteroatoms. The van der Waals surface area contributed by atoms with Gasteiger partial charge in [0.05, 0.1) is 5.38 Å². The van der Waals surface area contributed by atoms with Crippen molar-refractivity contribution in [1.82, 2.24) is 5.32 Å². The molecule has 1 rings (SSSR count). The summed E-state index contributed by atoms with van der Waals surface area (Å²) in [5.41, 5.74) is 0.753. The third-order valence-electron chi connectivity index (χ3n) is 2.69. The molecule has 0 aromatic heterocycles. The molecule has 0 aromatic rings. The highest BCUT2D eigenvalue weighted by Crippen LogP contribution is 2.32. The summed E-state index contributed by atoms with van der Waals surface area (Å²) < 4.78 is 0. The number of nitrogens with one attached hydrogen (secondary N) is 1. The molecule has 3 unspecified atom stereocenters. The molecular weight excluding hydrogens is 186 g/mol. The van der Waals surface area contributed by atoms with Gasteiger partial charge >= 0.3 is 0 Å². The average molecular weight is 202 g/mol. The maximum atomic E-state index is 11.4. The summed E-state index contributed by atoms with van der Waals surface area (Å²) >= 11 is 5.97. The van der Waals surface area contributed by atoms with Crippen molar-refractivity contribution in [2.45, 2.75) is 38.6 Å². The molecule has 1 saturated carbocycles. The van der Waals surface area contributed by atoms with E-state index < -0.39 is 0 Å². The van der Waals surface area contributed by atoms with E-state index in [9.17, 15) is 4.79 Å². The largest absolute Gasteiger partial charge is 0.348 e. The van der Waals surface area contributed by atoms with Crippen LogP contribution in [-0.4, -0.2) is 17.3 Å². The molecule has 0 bridgehead atoms. The van der Waals surface area contributed by atoms with Gasteiger partial charge in [-0.1, -0.05) is 13.0 Å². The van der Waals surface area contributed by atoms with E-state index >= 15 is 0 Å². The van der Waals surface area contributed by atoms with E-state index in [0.29, 0.717) is 5.92 Å². The van der Waals surface area contributed by atoms with Crippen molar-refractivity contribution < 1.29 is 4.79 Å². The monoisotopic (exact) mass is 201 g/mol. The fourth-order valence-electron chi connectivity index (χ4n) is 1.44. The van der Waals surface area contributed by atoms with Crippen molar-refractivity contribution in [3.8, 4) is 0 Å². The van der Waals surface area contributed by atoms with Crippen LogP contribution in [0.5, 0.6) is 0 Å². The van der Waals surface area contributed by atoms with Gasteiger partial charge in [0.15, 0.2) is 0 Å². The molecule has 1 amide bonds. The number of carbonyl (C=O) groups excluding carboxylic acids is 1. The molecule has 1 aliphatic rings. The van der Waals surface area contributed by atoms with Crippen LogP contribution >= 0.6 is 11.6 Å². The van der Waals surface area contributed by atoms with E-state index in [2.05, 4.69) is 12.2 Å². The van der Waals surface area contributed by atoms with Crippen LogP contribution in [0.25, 0.3) is 0 Å². The molecule has 1 N–H and O–H groups in total. The Morgan fingerprint density at radius 3 is 2.62 bits per heavy atom. The van der Waals surface area contributed by atoms with Crippen LogP contribution in [0, 0.1) is 5.92 Å². The van der Waals surface area contributed by atoms with Crippen LogP contribution in [0.2, 0.25) is 0 Å². The number of halogens is 1. The second-order valence-corrected chi connectivity index (χ2v) is 4.26. The Kier molecular flexibility index (Phi) is 3.37. The third kappa shape index (κ3) is 2.25. The van der Waals surface area contributed by atoms with Crippen molar-refractivity contribution in [2.24, 2.45) is 5.92 Å². The lowest BCUT2D eigenvalue weighted by Crippen LogP contribution is -2.53. The lowest BCUT2D eigenvalue weighted by atomic mass is 9.80. The van der Waals surface area contributed by atoms with E-state index in [1.54, 1.807) is 0 Å². The average Bonchev–Trinajstić information content (AvgIpc) is 2.12. The molecule has 1 fully saturated rings. The lowest BCUT2D eigenvalue weighted by Gasteiger charge is -2.39. The molecule has 0 aliphatic heterocycles. The third-order valence-corrected chi connectivity index (χ3v) is 3.14. The van der Waals surface area contributed by atoms with Gasteiger partial charge in [0.2, 0.25) is 5.91 Å². The second kappa shape index (κ2) is 4.14. The van der Waals surface area contributed by atoms with Crippen molar-refractivity contribution in [1.29, 1.82) is 0 Å². The van der Waals surface area contributed by atoms with Crippen molar-refractivity contribution in [3.63, 3.8) is 0 Å². The number of amides is 1. The van der Waals surface area contributed by atoms with E-state index in [1.165, 1.54) is 0 Å². The zero-order chi connectivity index (χ0) is 10.0. The van der Waals surface area contributed by atoms with Crippen molar-refractivity contribution in [3.05, 3.63) is 11.6 Å². The van der Waals surface area contributed by atoms with Gasteiger partial charge in [0.1, 0.15) is 0 Å². The number of rotatable bonds is 2. The van der Waals surface area contributed by atoms with Crippen LogP contribution in [0.3, 0.4) is 0 Å². The molecule has 74 valence electrons. The smallest absolute Gasteiger partial charge is 0.246 e. The Morgan fingerprint density at radius 2 is 2.23 bits per heavy atom. The zero-order valence-electron chi connectivity index (χ0n) is 8.30. The maximum Gasteiger partial charge on any atom is 0.246 e. The minimum absolute atomic E-state index is 0.00435. The fourth-order valence-corrected chi connectivity index (χ4v) is 2.03. The molecule has 3 atom stereocenters. The Balaban J connectivity index is 2.45. The summed E-state index contributed by atoms with van der Waals surface area (Å²) in [6.07, 6.45) is 2.81. The van der Waals surface area contributed by atoms with E-state index in [0.717, 1.165) is 12.0 Å². The summed E-state index contributed by atoms with van der Waals surface area (Å²) in [5.74, 6) is 0.515. The molecular formula is C10H16ClNO. The summed E-state index contributed by atoms with van der Waals surface area (Å²) in [5, 5.41) is 3.04. The summed E-state index contributed by atoms with van der Waals surface area (Å²) in [4.78, 5) is 11.4. The fraction of sp³-hybridized carbons (Fsp3) is 0.700. The minimum atomic E-state index is 0.00435. The topological polar surface area (TPSA) is 29.1 Å². The first-order valence-corrected chi connectivity index (χ1v) is 5.07. The number of alkyl halides is 1. The van der Waals surface area contributed by atoms with Gasteiger partial charge in [0, 0.05) is 11.6 Å². The van der Waals surface area contributed by atoms with Crippen LogP contribution < -0.4 is 5.32 Å². The second-order valence-electron chi connectivity index (χ2n) is 3.70. The van der Waals surface area contributed by atoms with Crippen LogP contribution in [0.1, 0.15) is 27.2 Å². The highest BCUT2D eigenvalue weighted by atomic mass is 35.5. The minimum Gasteiger partial charge on any atom is -0.348 e. The van der Waals surface area contributed by atoms with Crippen LogP contribution in [-0.2, 0) is 4.79 Å². The number of allylic oxidation sites excluding steroid dienone is 1. The predicted octanol–water partition coefficient (Wildman–Crippen LogP) is 2.08. The van der Waals surface area contributed by atoms with Gasteiger partial charge in [-0.25, -0.2) is 0 Å². The number of hydrogen-bond donors (Lipinski definition) is 1. The first-order valence-electron chi connectivity index (χ1n) is 4.64. The van der Waals surface area contributed by atoms with E-state index in [4.69, 9.17) is 11.6 Å². The molecule has 0 radical (unpaired) electrons. The molecule has 13 heavy (non-hydrogen) atoms. The quantitative estimate of drug-likeness (QED) is 0.538. The first kappa shape index (κ1) is 10.6. The molecule has 0 saturated heterocycles. The summed E-state index contributed by atoms with van der Waals surface area (Å²) in [6, 6.07) is 0.157. The van der Waals surface area contributed by atoms with Crippen LogP contribution in [0.4, 0.5) is 0 Å². The SMILES string of the molecule is C/C=C(/C)C(=O)NC1C(C)CC1Cl. The summed E-state index contributed by atoms with van der Waals surface area (Å²) in [6.45, 7) is 5.77. The van der Waals surface area contributed by atoms with Gasteiger partial charge in [-0.05, 0) is 26.2 Å². The predicted molar refractivity (Wildman–Crippen MR) is 54.8 cm³/mol. The molecule has 1 aliphatic carbocycles. The van der Waals surface area contributed by atoms with E-state index in [-0.39, 0.29) is 17.3 Å². The van der Waals surface area contributed by atoms with Crippen molar-refractivity contribution in [2.75, 3.05) is 0 Å². The van der Waals surface area contributed by atoms with E-state index in [1.807, 2.05) is 19.9 Å². The molecule has 0 spiro atoms. The number of hydrogen-bond acceptors (Lipinski definition) is 1. The standard InChI is InChI=1S/C10H16ClNO/c1-4-6(2)10(13)12-9-7(3)5-8(9)11/h4,7-9H,5H2,1-3H3,(H,12,13)/b6-4-. The lowest BCUT2D eigenvalue weighted by molar-refractivity contribution is -0.119. The highest BCUT2D eigenvalue weighted by molar-refractivity contribution is 6.22. The van der Waals surface area contributed by atoms with Crippen LogP contribution in [0.15, 0.2) is 11.6 Å². The molecule has 0 heterocycles. The molecule has 2 nitrogen and oxygen atoms in total. The van der Waals surface area contributed by atoms with Gasteiger partial charge in [-0.15, -0.1) is 11.6 Å². The highest BCUT2D eigenvalue weighted by Gasteiger charge is 2.37.